The van der Waals surface area contributed by atoms with E-state index in [4.69, 9.17) is 40.2 Å². The fraction of sp³-hybridized carbons (Fsp3) is 0.176. The van der Waals surface area contributed by atoms with E-state index >= 15 is 0 Å². The van der Waals surface area contributed by atoms with Gasteiger partial charge in [0.1, 0.15) is 5.82 Å². The van der Waals surface area contributed by atoms with Gasteiger partial charge in [0.15, 0.2) is 15.7 Å². The van der Waals surface area contributed by atoms with Gasteiger partial charge < -0.3 is 4.74 Å². The molecule has 28 heavy (non-hydrogen) atoms. The number of ether oxygens (including phenoxy) is 1. The van der Waals surface area contributed by atoms with Crippen LogP contribution in [0.1, 0.15) is 21.9 Å². The Morgan fingerprint density at radius 3 is 2.82 bits per heavy atom. The maximum Gasteiger partial charge on any atom is 0.257 e. The first-order valence-corrected chi connectivity index (χ1v) is 10.0. The van der Waals surface area contributed by atoms with E-state index in [1.165, 1.54) is 30.6 Å². The van der Waals surface area contributed by atoms with Crippen molar-refractivity contribution in [2.45, 2.75) is 13.0 Å². The molecule has 0 atom stereocenters. The Kier molecular flexibility index (Phi) is 6.50. The summed E-state index contributed by atoms with van der Waals surface area (Å²) in [7, 11) is 1.46. The van der Waals surface area contributed by atoms with Crippen molar-refractivity contribution in [1.82, 2.24) is 19.7 Å². The number of rotatable bonds is 7. The number of halogens is 2. The molecule has 0 saturated heterocycles. The third-order valence-electron chi connectivity index (χ3n) is 3.73. The summed E-state index contributed by atoms with van der Waals surface area (Å²) in [6.07, 6.45) is 2.21. The molecule has 0 aliphatic carbocycles. The van der Waals surface area contributed by atoms with Gasteiger partial charge in [-0.15, -0.1) is 17.9 Å². The standard InChI is InChI=1S/C17H15Cl2N5O2S2/c1-3-4-24-13(22-23-17(24)27)7-10-8-28-16(20-10)21-15(25)9-5-11(18)14(26-2)12(19)6-9/h3,5-6,8H,1,4,7H2,2H3,(H,23,27)(H,20,21,25). The SMILES string of the molecule is C=CCn1c(Cc2csc(NC(=O)c3cc(Cl)c(OC)c(Cl)c3)n2)n[nH]c1=S. The molecule has 0 bridgehead atoms. The van der Waals surface area contributed by atoms with Crippen LogP contribution in [-0.4, -0.2) is 32.8 Å². The molecule has 0 aliphatic rings. The van der Waals surface area contributed by atoms with Crippen molar-refractivity contribution in [1.29, 1.82) is 0 Å². The Bertz CT molecular complexity index is 1070. The van der Waals surface area contributed by atoms with E-state index in [0.717, 1.165) is 11.5 Å². The van der Waals surface area contributed by atoms with Gasteiger partial charge in [0.2, 0.25) is 0 Å². The summed E-state index contributed by atoms with van der Waals surface area (Å²) >= 11 is 18.7. The minimum absolute atomic E-state index is 0.255. The Labute approximate surface area is 180 Å². The monoisotopic (exact) mass is 455 g/mol. The molecule has 0 spiro atoms. The zero-order valence-corrected chi connectivity index (χ0v) is 17.8. The number of methoxy groups -OCH3 is 1. The number of hydrogen-bond donors (Lipinski definition) is 2. The van der Waals surface area contributed by atoms with Crippen molar-refractivity contribution in [3.8, 4) is 5.75 Å². The molecule has 0 unspecified atom stereocenters. The van der Waals surface area contributed by atoms with Crippen LogP contribution in [-0.2, 0) is 13.0 Å². The van der Waals surface area contributed by atoms with Crippen molar-refractivity contribution in [3.63, 3.8) is 0 Å². The molecule has 146 valence electrons. The van der Waals surface area contributed by atoms with Gasteiger partial charge in [-0.1, -0.05) is 29.3 Å². The van der Waals surface area contributed by atoms with E-state index in [-0.39, 0.29) is 16.0 Å². The quantitative estimate of drug-likeness (QED) is 0.396. The van der Waals surface area contributed by atoms with E-state index in [9.17, 15) is 4.79 Å². The molecule has 2 aromatic heterocycles. The fourth-order valence-corrected chi connectivity index (χ4v) is 4.04. The van der Waals surface area contributed by atoms with Crippen molar-refractivity contribution in [3.05, 3.63) is 62.1 Å². The summed E-state index contributed by atoms with van der Waals surface area (Å²) in [5.41, 5.74) is 1.06. The first-order valence-electron chi connectivity index (χ1n) is 7.96. The summed E-state index contributed by atoms with van der Waals surface area (Å²) in [5, 5.41) is 12.5. The molecule has 7 nitrogen and oxygen atoms in total. The summed E-state index contributed by atoms with van der Waals surface area (Å²) in [4.78, 5) is 16.9. The number of nitrogens with one attached hydrogen (secondary N) is 2. The average Bonchev–Trinajstić information content (AvgIpc) is 3.23. The van der Waals surface area contributed by atoms with Gasteiger partial charge in [0.25, 0.3) is 5.91 Å². The topological polar surface area (TPSA) is 84.8 Å². The van der Waals surface area contributed by atoms with Crippen molar-refractivity contribution in [2.24, 2.45) is 0 Å². The number of aromatic nitrogens is 4. The van der Waals surface area contributed by atoms with Crippen LogP contribution in [0.5, 0.6) is 5.75 Å². The summed E-state index contributed by atoms with van der Waals surface area (Å²) in [6, 6.07) is 2.98. The smallest absolute Gasteiger partial charge is 0.257 e. The first kappa shape index (κ1) is 20.5. The van der Waals surface area contributed by atoms with E-state index in [0.29, 0.717) is 34.2 Å². The predicted molar refractivity (Wildman–Crippen MR) is 113 cm³/mol. The number of hydrogen-bond acceptors (Lipinski definition) is 6. The molecule has 1 aromatic carbocycles. The maximum absolute atomic E-state index is 12.5. The molecular formula is C17H15Cl2N5O2S2. The van der Waals surface area contributed by atoms with E-state index < -0.39 is 0 Å². The van der Waals surface area contributed by atoms with Crippen LogP contribution in [0.3, 0.4) is 0 Å². The van der Waals surface area contributed by atoms with E-state index in [1.807, 2.05) is 9.95 Å². The van der Waals surface area contributed by atoms with Gasteiger partial charge in [-0.25, -0.2) is 4.98 Å². The molecule has 11 heteroatoms. The number of benzene rings is 1. The fourth-order valence-electron chi connectivity index (χ4n) is 2.47. The highest BCUT2D eigenvalue weighted by Crippen LogP contribution is 2.34. The summed E-state index contributed by atoms with van der Waals surface area (Å²) in [5.74, 6) is 0.688. The second-order valence-corrected chi connectivity index (χ2v) is 7.65. The molecule has 2 N–H and O–H groups in total. The third kappa shape index (κ3) is 4.44. The minimum atomic E-state index is -0.373. The van der Waals surface area contributed by atoms with Crippen LogP contribution in [0, 0.1) is 4.77 Å². The molecule has 0 saturated carbocycles. The molecule has 0 aliphatic heterocycles. The number of carbonyl (C=O) groups is 1. The van der Waals surface area contributed by atoms with E-state index in [1.54, 1.807) is 6.08 Å². The lowest BCUT2D eigenvalue weighted by Crippen LogP contribution is -2.12. The highest BCUT2D eigenvalue weighted by molar-refractivity contribution is 7.71. The van der Waals surface area contributed by atoms with Crippen LogP contribution >= 0.6 is 46.8 Å². The van der Waals surface area contributed by atoms with Crippen LogP contribution in [0.25, 0.3) is 0 Å². The second kappa shape index (κ2) is 8.87. The van der Waals surface area contributed by atoms with Gasteiger partial charge in [-0.05, 0) is 24.4 Å². The molecule has 3 aromatic rings. The summed E-state index contributed by atoms with van der Waals surface area (Å²) < 4.78 is 7.44. The van der Waals surface area contributed by atoms with Gasteiger partial charge in [-0.3, -0.25) is 19.8 Å². The zero-order valence-electron chi connectivity index (χ0n) is 14.7. The van der Waals surface area contributed by atoms with Gasteiger partial charge >= 0.3 is 0 Å². The van der Waals surface area contributed by atoms with Crippen LogP contribution < -0.4 is 10.1 Å². The first-order chi connectivity index (χ1) is 13.4. The number of amides is 1. The predicted octanol–water partition coefficient (Wildman–Crippen LogP) is 4.74. The number of thiazole rings is 1. The maximum atomic E-state index is 12.5. The molecule has 3 rings (SSSR count). The number of anilines is 1. The number of carbonyl (C=O) groups excluding carboxylic acids is 1. The summed E-state index contributed by atoms with van der Waals surface area (Å²) in [6.45, 7) is 4.27. The van der Waals surface area contributed by atoms with Gasteiger partial charge in [-0.2, -0.15) is 5.10 Å². The van der Waals surface area contributed by atoms with Crippen molar-refractivity contribution >= 4 is 57.8 Å². The lowest BCUT2D eigenvalue weighted by molar-refractivity contribution is 0.102. The highest BCUT2D eigenvalue weighted by Gasteiger charge is 2.15. The van der Waals surface area contributed by atoms with Crippen LogP contribution in [0.2, 0.25) is 10.0 Å². The minimum Gasteiger partial charge on any atom is -0.494 e. The van der Waals surface area contributed by atoms with Gasteiger partial charge in [0, 0.05) is 17.5 Å². The third-order valence-corrected chi connectivity index (χ3v) is 5.40. The number of H-pyrrole nitrogens is 1. The number of allylic oxidation sites excluding steroid dienone is 1. The van der Waals surface area contributed by atoms with Crippen LogP contribution in [0.15, 0.2) is 30.2 Å². The Morgan fingerprint density at radius 2 is 2.18 bits per heavy atom. The molecule has 1 amide bonds. The average molecular weight is 456 g/mol. The Balaban J connectivity index is 1.74. The number of aromatic amines is 1. The van der Waals surface area contributed by atoms with Crippen molar-refractivity contribution in [2.75, 3.05) is 12.4 Å². The Morgan fingerprint density at radius 1 is 1.46 bits per heavy atom. The number of nitrogens with zero attached hydrogens (tertiary/aromatic N) is 3. The van der Waals surface area contributed by atoms with Crippen molar-refractivity contribution < 1.29 is 9.53 Å². The molecule has 2 heterocycles. The molecule has 0 radical (unpaired) electrons. The second-order valence-electron chi connectivity index (χ2n) is 5.59. The normalized spacial score (nSPS) is 10.7. The highest BCUT2D eigenvalue weighted by atomic mass is 35.5. The van der Waals surface area contributed by atoms with Gasteiger partial charge in [0.05, 0.1) is 29.3 Å². The van der Waals surface area contributed by atoms with E-state index in [2.05, 4.69) is 27.1 Å². The molecule has 0 fully saturated rings. The Hall–Kier alpha value is -2.20. The lowest BCUT2D eigenvalue weighted by Gasteiger charge is -2.08. The lowest BCUT2D eigenvalue weighted by atomic mass is 10.2. The largest absolute Gasteiger partial charge is 0.494 e. The molecular weight excluding hydrogens is 441 g/mol. The van der Waals surface area contributed by atoms with Crippen LogP contribution in [0.4, 0.5) is 5.13 Å². The zero-order chi connectivity index (χ0) is 20.3.